The molecular weight excluding hydrogens is 330 g/mol. The molecule has 6 nitrogen and oxygen atoms in total. The molecule has 0 unspecified atom stereocenters. The van der Waals surface area contributed by atoms with Crippen LogP contribution >= 0.6 is 0 Å². The Morgan fingerprint density at radius 3 is 2.52 bits per heavy atom. The zero-order chi connectivity index (χ0) is 19.0. The van der Waals surface area contributed by atoms with Crippen molar-refractivity contribution in [3.8, 4) is 5.75 Å². The highest BCUT2D eigenvalue weighted by molar-refractivity contribution is 5.86. The van der Waals surface area contributed by atoms with Crippen LogP contribution in [0, 0.1) is 6.92 Å². The van der Waals surface area contributed by atoms with Crippen LogP contribution in [0.15, 0.2) is 23.2 Å². The molecule has 1 aromatic carbocycles. The number of aliphatic imine (C=N–C) groups is 1. The fourth-order valence-electron chi connectivity index (χ4n) is 2.08. The molecule has 25 heavy (non-hydrogen) atoms. The van der Waals surface area contributed by atoms with Crippen LogP contribution in [-0.4, -0.2) is 37.6 Å². The summed E-state index contributed by atoms with van der Waals surface area (Å²) in [6, 6.07) is 4.96. The van der Waals surface area contributed by atoms with E-state index in [4.69, 9.17) is 0 Å². The molecule has 0 saturated carbocycles. The van der Waals surface area contributed by atoms with Crippen molar-refractivity contribution >= 4 is 11.9 Å². The third-order valence-corrected chi connectivity index (χ3v) is 3.03. The maximum absolute atomic E-state index is 12.5. The normalized spacial score (nSPS) is 12.1. The Morgan fingerprint density at radius 2 is 1.96 bits per heavy atom. The lowest BCUT2D eigenvalue weighted by atomic mass is 10.1. The molecule has 0 aliphatic rings. The maximum atomic E-state index is 12.5. The first-order valence-corrected chi connectivity index (χ1v) is 7.90. The van der Waals surface area contributed by atoms with Gasteiger partial charge in [-0.15, -0.1) is 0 Å². The number of carbonyl (C=O) groups is 1. The molecule has 0 aliphatic heterocycles. The number of rotatable bonds is 6. The van der Waals surface area contributed by atoms with Crippen LogP contribution < -0.4 is 20.7 Å². The SMILES string of the molecule is CN=C(NCC(=O)NC(C)(C)C)NCc1cc(C)ccc1OC(F)F. The Hall–Kier alpha value is -2.38. The van der Waals surface area contributed by atoms with Crippen molar-refractivity contribution in [2.75, 3.05) is 13.6 Å². The Morgan fingerprint density at radius 1 is 1.28 bits per heavy atom. The van der Waals surface area contributed by atoms with Crippen LogP contribution in [0.25, 0.3) is 0 Å². The van der Waals surface area contributed by atoms with E-state index in [0.29, 0.717) is 11.5 Å². The number of halogens is 2. The van der Waals surface area contributed by atoms with Crippen molar-refractivity contribution < 1.29 is 18.3 Å². The minimum atomic E-state index is -2.89. The highest BCUT2D eigenvalue weighted by Gasteiger charge is 2.14. The van der Waals surface area contributed by atoms with E-state index < -0.39 is 6.61 Å². The number of alkyl halides is 2. The number of nitrogens with one attached hydrogen (secondary N) is 3. The summed E-state index contributed by atoms with van der Waals surface area (Å²) in [4.78, 5) is 15.8. The van der Waals surface area contributed by atoms with E-state index in [-0.39, 0.29) is 30.3 Å². The van der Waals surface area contributed by atoms with E-state index in [1.807, 2.05) is 27.7 Å². The molecule has 0 spiro atoms. The van der Waals surface area contributed by atoms with Crippen molar-refractivity contribution in [3.05, 3.63) is 29.3 Å². The third-order valence-electron chi connectivity index (χ3n) is 3.03. The van der Waals surface area contributed by atoms with Gasteiger partial charge in [0.1, 0.15) is 5.75 Å². The van der Waals surface area contributed by atoms with E-state index in [9.17, 15) is 13.6 Å². The third kappa shape index (κ3) is 8.32. The summed E-state index contributed by atoms with van der Waals surface area (Å²) < 4.78 is 29.5. The molecule has 0 saturated heterocycles. The van der Waals surface area contributed by atoms with E-state index >= 15 is 0 Å². The summed E-state index contributed by atoms with van der Waals surface area (Å²) in [7, 11) is 1.56. The number of benzene rings is 1. The summed E-state index contributed by atoms with van der Waals surface area (Å²) in [6.07, 6.45) is 0. The smallest absolute Gasteiger partial charge is 0.387 e. The highest BCUT2D eigenvalue weighted by atomic mass is 19.3. The van der Waals surface area contributed by atoms with Crippen LogP contribution in [0.1, 0.15) is 31.9 Å². The predicted octanol–water partition coefficient (Wildman–Crippen LogP) is 2.18. The quantitative estimate of drug-likeness (QED) is 0.539. The first-order valence-electron chi connectivity index (χ1n) is 7.90. The second kappa shape index (κ2) is 9.19. The van der Waals surface area contributed by atoms with Gasteiger partial charge in [-0.1, -0.05) is 17.7 Å². The van der Waals surface area contributed by atoms with Crippen LogP contribution in [-0.2, 0) is 11.3 Å². The van der Waals surface area contributed by atoms with Crippen molar-refractivity contribution in [1.82, 2.24) is 16.0 Å². The summed E-state index contributed by atoms with van der Waals surface area (Å²) >= 11 is 0. The number of guanidine groups is 1. The minimum absolute atomic E-state index is 0.0468. The number of amides is 1. The Bertz CT molecular complexity index is 613. The molecule has 0 bridgehead atoms. The van der Waals surface area contributed by atoms with Crippen LogP contribution in [0.4, 0.5) is 8.78 Å². The second-order valence-corrected chi connectivity index (χ2v) is 6.57. The van der Waals surface area contributed by atoms with Crippen molar-refractivity contribution in [2.24, 2.45) is 4.99 Å². The number of ether oxygens (including phenoxy) is 1. The Labute approximate surface area is 147 Å². The lowest BCUT2D eigenvalue weighted by Gasteiger charge is -2.21. The van der Waals surface area contributed by atoms with Crippen LogP contribution in [0.3, 0.4) is 0 Å². The molecule has 0 atom stereocenters. The molecule has 140 valence electrons. The van der Waals surface area contributed by atoms with Crippen molar-refractivity contribution in [2.45, 2.75) is 46.4 Å². The average Bonchev–Trinajstić information content (AvgIpc) is 2.47. The van der Waals surface area contributed by atoms with Gasteiger partial charge in [-0.2, -0.15) is 8.78 Å². The fraction of sp³-hybridized carbons (Fsp3) is 0.529. The first-order chi connectivity index (χ1) is 11.6. The maximum Gasteiger partial charge on any atom is 0.387 e. The number of aryl methyl sites for hydroxylation is 1. The number of nitrogens with zero attached hydrogens (tertiary/aromatic N) is 1. The fourth-order valence-corrected chi connectivity index (χ4v) is 2.08. The average molecular weight is 356 g/mol. The summed E-state index contributed by atoms with van der Waals surface area (Å²) in [6.45, 7) is 4.91. The number of hydrogen-bond acceptors (Lipinski definition) is 3. The predicted molar refractivity (Wildman–Crippen MR) is 93.9 cm³/mol. The van der Waals surface area contributed by atoms with Gasteiger partial charge in [-0.25, -0.2) is 0 Å². The summed E-state index contributed by atoms with van der Waals surface area (Å²) in [5.41, 5.74) is 1.17. The second-order valence-electron chi connectivity index (χ2n) is 6.57. The van der Waals surface area contributed by atoms with Gasteiger partial charge in [0.25, 0.3) is 0 Å². The van der Waals surface area contributed by atoms with E-state index in [0.717, 1.165) is 5.56 Å². The molecule has 0 fully saturated rings. The zero-order valence-electron chi connectivity index (χ0n) is 15.2. The van der Waals surface area contributed by atoms with Crippen LogP contribution in [0.5, 0.6) is 5.75 Å². The molecule has 1 rings (SSSR count). The molecular formula is C17H26F2N4O2. The van der Waals surface area contributed by atoms with E-state index in [1.165, 1.54) is 6.07 Å². The van der Waals surface area contributed by atoms with Gasteiger partial charge in [-0.3, -0.25) is 9.79 Å². The van der Waals surface area contributed by atoms with E-state index in [1.54, 1.807) is 19.2 Å². The van der Waals surface area contributed by atoms with Gasteiger partial charge < -0.3 is 20.7 Å². The Kier molecular flexibility index (Phi) is 7.60. The topological polar surface area (TPSA) is 74.8 Å². The largest absolute Gasteiger partial charge is 0.434 e. The van der Waals surface area contributed by atoms with Gasteiger partial charge >= 0.3 is 6.61 Å². The lowest BCUT2D eigenvalue weighted by Crippen LogP contribution is -2.48. The number of carbonyl (C=O) groups excluding carboxylic acids is 1. The first kappa shape index (κ1) is 20.7. The minimum Gasteiger partial charge on any atom is -0.434 e. The van der Waals surface area contributed by atoms with Gasteiger partial charge in [0.2, 0.25) is 5.91 Å². The molecule has 0 aromatic heterocycles. The molecule has 0 radical (unpaired) electrons. The highest BCUT2D eigenvalue weighted by Crippen LogP contribution is 2.21. The van der Waals surface area contributed by atoms with Crippen molar-refractivity contribution in [1.29, 1.82) is 0 Å². The number of hydrogen-bond donors (Lipinski definition) is 3. The van der Waals surface area contributed by atoms with Gasteiger partial charge in [0, 0.05) is 24.7 Å². The summed E-state index contributed by atoms with van der Waals surface area (Å²) in [5, 5.41) is 8.68. The van der Waals surface area contributed by atoms with Gasteiger partial charge in [0.15, 0.2) is 5.96 Å². The standard InChI is InChI=1S/C17H26F2N4O2/c1-11-6-7-13(25-15(18)19)12(8-11)9-21-16(20-5)22-10-14(24)23-17(2,3)4/h6-8,15H,9-10H2,1-5H3,(H,23,24)(H2,20,21,22). The van der Waals surface area contributed by atoms with Gasteiger partial charge in [0.05, 0.1) is 6.54 Å². The molecule has 0 heterocycles. The molecule has 1 aromatic rings. The lowest BCUT2D eigenvalue weighted by molar-refractivity contribution is -0.121. The summed E-state index contributed by atoms with van der Waals surface area (Å²) in [5.74, 6) is 0.315. The van der Waals surface area contributed by atoms with E-state index in [2.05, 4.69) is 25.7 Å². The van der Waals surface area contributed by atoms with Crippen LogP contribution in [0.2, 0.25) is 0 Å². The molecule has 3 N–H and O–H groups in total. The molecule has 8 heteroatoms. The zero-order valence-corrected chi connectivity index (χ0v) is 15.2. The molecule has 0 aliphatic carbocycles. The Balaban J connectivity index is 2.63. The van der Waals surface area contributed by atoms with Crippen molar-refractivity contribution in [3.63, 3.8) is 0 Å². The van der Waals surface area contributed by atoms with Gasteiger partial charge in [-0.05, 0) is 33.8 Å². The molecule has 1 amide bonds. The monoisotopic (exact) mass is 356 g/mol.